The molecule has 0 aromatic carbocycles. The van der Waals surface area contributed by atoms with E-state index in [-0.39, 0.29) is 0 Å². The lowest BCUT2D eigenvalue weighted by Gasteiger charge is -1.95. The summed E-state index contributed by atoms with van der Waals surface area (Å²) >= 11 is 11.3. The lowest BCUT2D eigenvalue weighted by molar-refractivity contribution is 1.51. The molecule has 0 aliphatic rings. The molecular formula is C8H10Cl2. The van der Waals surface area contributed by atoms with Crippen molar-refractivity contribution in [2.75, 3.05) is 5.88 Å². The average Bonchev–Trinajstić information content (AvgIpc) is 1.91. The maximum atomic E-state index is 5.78. The summed E-state index contributed by atoms with van der Waals surface area (Å²) in [4.78, 5) is 0. The number of alkyl halides is 1. The fourth-order valence-electron chi connectivity index (χ4n) is 0.469. The van der Waals surface area contributed by atoms with Crippen LogP contribution in [-0.2, 0) is 0 Å². The molecule has 0 fully saturated rings. The van der Waals surface area contributed by atoms with E-state index in [2.05, 4.69) is 6.58 Å². The average molecular weight is 177 g/mol. The van der Waals surface area contributed by atoms with Crippen LogP contribution in [0.1, 0.15) is 6.92 Å². The number of hydrogen-bond acceptors (Lipinski definition) is 0. The molecule has 0 radical (unpaired) electrons. The van der Waals surface area contributed by atoms with Gasteiger partial charge >= 0.3 is 0 Å². The lowest BCUT2D eigenvalue weighted by Crippen LogP contribution is -1.80. The summed E-state index contributed by atoms with van der Waals surface area (Å²) in [7, 11) is 0. The van der Waals surface area contributed by atoms with Crippen molar-refractivity contribution >= 4 is 23.2 Å². The van der Waals surface area contributed by atoms with Gasteiger partial charge in [0.2, 0.25) is 0 Å². The zero-order valence-corrected chi connectivity index (χ0v) is 7.41. The summed E-state index contributed by atoms with van der Waals surface area (Å²) in [6.45, 7) is 5.47. The summed E-state index contributed by atoms with van der Waals surface area (Å²) in [5.41, 5.74) is 0.862. The van der Waals surface area contributed by atoms with Crippen molar-refractivity contribution in [3.63, 3.8) is 0 Å². The minimum Gasteiger partial charge on any atom is -0.121 e. The molecule has 0 unspecified atom stereocenters. The predicted molar refractivity (Wildman–Crippen MR) is 48.6 cm³/mol. The lowest BCUT2D eigenvalue weighted by atomic mass is 10.2. The Hall–Kier alpha value is -0.200. The zero-order valence-electron chi connectivity index (χ0n) is 5.90. The maximum Gasteiger partial charge on any atom is 0.0488 e. The summed E-state index contributed by atoms with van der Waals surface area (Å²) in [5, 5.41) is 0.660. The molecular weight excluding hydrogens is 167 g/mol. The molecule has 0 aliphatic carbocycles. The van der Waals surface area contributed by atoms with Gasteiger partial charge in [-0.15, -0.1) is 11.6 Å². The Bertz CT molecular complexity index is 166. The van der Waals surface area contributed by atoms with Crippen LogP contribution >= 0.6 is 23.2 Å². The van der Waals surface area contributed by atoms with Gasteiger partial charge in [0.1, 0.15) is 0 Å². The van der Waals surface area contributed by atoms with Crippen LogP contribution in [0.15, 0.2) is 35.4 Å². The van der Waals surface area contributed by atoms with Crippen LogP contribution in [0, 0.1) is 0 Å². The smallest absolute Gasteiger partial charge is 0.0488 e. The number of halogens is 2. The molecule has 0 saturated carbocycles. The van der Waals surface area contributed by atoms with Gasteiger partial charge in [0.15, 0.2) is 0 Å². The zero-order chi connectivity index (χ0) is 7.98. The molecule has 0 aliphatic heterocycles. The molecule has 0 nitrogen and oxygen atoms in total. The Labute approximate surface area is 71.8 Å². The van der Waals surface area contributed by atoms with Gasteiger partial charge in [-0.05, 0) is 18.6 Å². The Morgan fingerprint density at radius 1 is 1.60 bits per heavy atom. The van der Waals surface area contributed by atoms with E-state index in [1.807, 2.05) is 13.0 Å². The Morgan fingerprint density at radius 3 is 2.50 bits per heavy atom. The minimum absolute atomic E-state index is 0.409. The summed E-state index contributed by atoms with van der Waals surface area (Å²) in [6.07, 6.45) is 5.31. The SMILES string of the molecule is C=C/C(CCl)=C(Cl)\C=C/C. The quantitative estimate of drug-likeness (QED) is 0.457. The van der Waals surface area contributed by atoms with Crippen LogP contribution in [0.3, 0.4) is 0 Å². The molecule has 0 aromatic heterocycles. The normalized spacial score (nSPS) is 13.5. The molecule has 0 rings (SSSR count). The van der Waals surface area contributed by atoms with Crippen LogP contribution in [0.25, 0.3) is 0 Å². The highest BCUT2D eigenvalue weighted by Gasteiger charge is 1.93. The first-order valence-corrected chi connectivity index (χ1v) is 3.87. The van der Waals surface area contributed by atoms with Crippen LogP contribution in [0.2, 0.25) is 0 Å². The Morgan fingerprint density at radius 2 is 2.20 bits per heavy atom. The number of hydrogen-bond donors (Lipinski definition) is 0. The first-order chi connectivity index (χ1) is 4.76. The van der Waals surface area contributed by atoms with Crippen molar-refractivity contribution in [1.82, 2.24) is 0 Å². The highest BCUT2D eigenvalue weighted by atomic mass is 35.5. The van der Waals surface area contributed by atoms with E-state index < -0.39 is 0 Å². The number of allylic oxidation sites excluding steroid dienone is 5. The Balaban J connectivity index is 4.42. The standard InChI is InChI=1S/C8H10Cl2/c1-3-5-8(10)7(4-2)6-9/h3-5H,2,6H2,1H3/b5-3-,8-7-. The second-order valence-corrected chi connectivity index (χ2v) is 2.39. The summed E-state index contributed by atoms with van der Waals surface area (Å²) in [5.74, 6) is 0.409. The topological polar surface area (TPSA) is 0 Å². The third-order valence-corrected chi connectivity index (χ3v) is 1.67. The largest absolute Gasteiger partial charge is 0.121 e. The molecule has 0 heterocycles. The van der Waals surface area contributed by atoms with Gasteiger partial charge < -0.3 is 0 Å². The van der Waals surface area contributed by atoms with Crippen molar-refractivity contribution < 1.29 is 0 Å². The van der Waals surface area contributed by atoms with Crippen molar-refractivity contribution in [3.8, 4) is 0 Å². The molecule has 56 valence electrons. The molecule has 0 atom stereocenters. The van der Waals surface area contributed by atoms with Crippen molar-refractivity contribution in [3.05, 3.63) is 35.4 Å². The van der Waals surface area contributed by atoms with Crippen LogP contribution in [-0.4, -0.2) is 5.88 Å². The van der Waals surface area contributed by atoms with Gasteiger partial charge in [0.25, 0.3) is 0 Å². The molecule has 0 saturated heterocycles. The van der Waals surface area contributed by atoms with Gasteiger partial charge in [-0.25, -0.2) is 0 Å². The van der Waals surface area contributed by atoms with Crippen molar-refractivity contribution in [2.45, 2.75) is 6.92 Å². The van der Waals surface area contributed by atoms with Gasteiger partial charge in [0, 0.05) is 10.9 Å². The Kier molecular flexibility index (Phi) is 5.46. The summed E-state index contributed by atoms with van der Waals surface area (Å²) in [6, 6.07) is 0. The van der Waals surface area contributed by atoms with E-state index in [0.29, 0.717) is 10.9 Å². The predicted octanol–water partition coefficient (Wildman–Crippen LogP) is 3.48. The fraction of sp³-hybridized carbons (Fsp3) is 0.250. The van der Waals surface area contributed by atoms with Gasteiger partial charge in [-0.1, -0.05) is 30.3 Å². The molecule has 0 aromatic rings. The monoisotopic (exact) mass is 176 g/mol. The fourth-order valence-corrected chi connectivity index (χ4v) is 1.06. The molecule has 0 N–H and O–H groups in total. The third kappa shape index (κ3) is 3.09. The maximum absolute atomic E-state index is 5.78. The molecule has 2 heteroatoms. The highest BCUT2D eigenvalue weighted by Crippen LogP contribution is 2.13. The first kappa shape index (κ1) is 9.80. The third-order valence-electron chi connectivity index (χ3n) is 1.01. The number of rotatable bonds is 3. The highest BCUT2D eigenvalue weighted by molar-refractivity contribution is 6.32. The molecule has 0 bridgehead atoms. The molecule has 0 amide bonds. The van der Waals surface area contributed by atoms with Gasteiger partial charge in [0.05, 0.1) is 0 Å². The minimum atomic E-state index is 0.409. The van der Waals surface area contributed by atoms with E-state index in [9.17, 15) is 0 Å². The van der Waals surface area contributed by atoms with Gasteiger partial charge in [-0.3, -0.25) is 0 Å². The first-order valence-electron chi connectivity index (χ1n) is 2.96. The van der Waals surface area contributed by atoms with Crippen LogP contribution in [0.4, 0.5) is 0 Å². The van der Waals surface area contributed by atoms with E-state index in [1.54, 1.807) is 12.2 Å². The molecule has 10 heavy (non-hydrogen) atoms. The van der Waals surface area contributed by atoms with E-state index >= 15 is 0 Å². The second-order valence-electron chi connectivity index (χ2n) is 1.71. The van der Waals surface area contributed by atoms with Crippen molar-refractivity contribution in [2.24, 2.45) is 0 Å². The second kappa shape index (κ2) is 5.57. The van der Waals surface area contributed by atoms with E-state index in [4.69, 9.17) is 23.2 Å². The van der Waals surface area contributed by atoms with Crippen LogP contribution < -0.4 is 0 Å². The van der Waals surface area contributed by atoms with Crippen molar-refractivity contribution in [1.29, 1.82) is 0 Å². The van der Waals surface area contributed by atoms with Gasteiger partial charge in [-0.2, -0.15) is 0 Å². The molecule has 0 spiro atoms. The van der Waals surface area contributed by atoms with E-state index in [1.165, 1.54) is 0 Å². The van der Waals surface area contributed by atoms with Crippen LogP contribution in [0.5, 0.6) is 0 Å². The van der Waals surface area contributed by atoms with E-state index in [0.717, 1.165) is 5.57 Å². The summed E-state index contributed by atoms with van der Waals surface area (Å²) < 4.78 is 0.